The summed E-state index contributed by atoms with van der Waals surface area (Å²) in [7, 11) is 2.92. The van der Waals surface area contributed by atoms with Crippen LogP contribution in [-0.4, -0.2) is 20.2 Å². The molecule has 22 heavy (non-hydrogen) atoms. The topological polar surface area (TPSA) is 35.5 Å². The average molecular weight is 316 g/mol. The van der Waals surface area contributed by atoms with Gasteiger partial charge in [0, 0.05) is 15.6 Å². The molecule has 0 amide bonds. The van der Waals surface area contributed by atoms with Gasteiger partial charge in [0.25, 0.3) is 0 Å². The first kappa shape index (κ1) is 14.5. The Morgan fingerprint density at radius 3 is 2.68 bits per heavy atom. The Morgan fingerprint density at radius 2 is 1.95 bits per heavy atom. The number of rotatable bonds is 3. The largest absolute Gasteiger partial charge is 0.497 e. The number of ether oxygens (including phenoxy) is 2. The van der Waals surface area contributed by atoms with E-state index >= 15 is 0 Å². The third-order valence-electron chi connectivity index (χ3n) is 3.38. The molecule has 0 fully saturated rings. The third kappa shape index (κ3) is 2.44. The molecule has 0 saturated carbocycles. The molecule has 0 aliphatic carbocycles. The lowest BCUT2D eigenvalue weighted by Gasteiger charge is -2.06. The molecule has 3 nitrogen and oxygen atoms in total. The molecule has 0 N–H and O–H groups in total. The summed E-state index contributed by atoms with van der Waals surface area (Å²) in [5.41, 5.74) is 1.57. The Balaban J connectivity index is 2.31. The smallest absolute Gasteiger partial charge is 0.348 e. The van der Waals surface area contributed by atoms with Gasteiger partial charge in [0.1, 0.15) is 16.4 Å². The van der Waals surface area contributed by atoms with Crippen LogP contribution >= 0.6 is 11.3 Å². The molecule has 0 aliphatic heterocycles. The second-order valence-corrected chi connectivity index (χ2v) is 5.72. The maximum atomic E-state index is 13.5. The van der Waals surface area contributed by atoms with Crippen LogP contribution in [0.4, 0.5) is 4.39 Å². The van der Waals surface area contributed by atoms with Crippen molar-refractivity contribution in [3.8, 4) is 16.9 Å². The normalized spacial score (nSPS) is 10.7. The number of esters is 1. The molecular formula is C17H13FO3S. The summed E-state index contributed by atoms with van der Waals surface area (Å²) in [6, 6.07) is 11.9. The summed E-state index contributed by atoms with van der Waals surface area (Å²) >= 11 is 1.22. The highest BCUT2D eigenvalue weighted by atomic mass is 32.1. The molecule has 112 valence electrons. The number of carbonyl (C=O) groups is 1. The van der Waals surface area contributed by atoms with Gasteiger partial charge in [0.15, 0.2) is 0 Å². The Bertz CT molecular complexity index is 854. The number of hydrogen-bond donors (Lipinski definition) is 0. The molecule has 1 aromatic heterocycles. The maximum absolute atomic E-state index is 13.5. The zero-order valence-corrected chi connectivity index (χ0v) is 12.9. The molecule has 0 aliphatic rings. The molecule has 3 rings (SSSR count). The van der Waals surface area contributed by atoms with E-state index in [1.54, 1.807) is 13.2 Å². The second-order valence-electron chi connectivity index (χ2n) is 4.67. The van der Waals surface area contributed by atoms with Crippen LogP contribution in [0.5, 0.6) is 5.75 Å². The number of benzene rings is 2. The fourth-order valence-corrected chi connectivity index (χ4v) is 3.54. The van der Waals surface area contributed by atoms with Gasteiger partial charge in [-0.05, 0) is 35.9 Å². The predicted molar refractivity (Wildman–Crippen MR) is 85.1 cm³/mol. The van der Waals surface area contributed by atoms with Crippen molar-refractivity contribution in [1.82, 2.24) is 0 Å². The van der Waals surface area contributed by atoms with Crippen LogP contribution in [0.2, 0.25) is 0 Å². The molecule has 0 bridgehead atoms. The van der Waals surface area contributed by atoms with Crippen molar-refractivity contribution in [2.75, 3.05) is 14.2 Å². The van der Waals surface area contributed by atoms with E-state index < -0.39 is 5.97 Å². The fourth-order valence-electron chi connectivity index (χ4n) is 2.37. The van der Waals surface area contributed by atoms with Crippen molar-refractivity contribution < 1.29 is 18.7 Å². The molecule has 0 spiro atoms. The number of fused-ring (bicyclic) bond motifs is 1. The lowest BCUT2D eigenvalue weighted by Crippen LogP contribution is -2.00. The number of carbonyl (C=O) groups excluding carboxylic acids is 1. The monoisotopic (exact) mass is 316 g/mol. The molecule has 0 unspecified atom stereocenters. The van der Waals surface area contributed by atoms with Crippen LogP contribution in [0.1, 0.15) is 9.67 Å². The minimum absolute atomic E-state index is 0.331. The number of hydrogen-bond acceptors (Lipinski definition) is 4. The minimum atomic E-state index is -0.431. The van der Waals surface area contributed by atoms with E-state index in [4.69, 9.17) is 9.47 Å². The fraction of sp³-hybridized carbons (Fsp3) is 0.118. The molecule has 1 heterocycles. The van der Waals surface area contributed by atoms with Crippen LogP contribution in [0.15, 0.2) is 42.5 Å². The first-order chi connectivity index (χ1) is 10.6. The Morgan fingerprint density at radius 1 is 1.14 bits per heavy atom. The molecule has 2 aromatic carbocycles. The van der Waals surface area contributed by atoms with Gasteiger partial charge in [-0.1, -0.05) is 12.1 Å². The Labute approximate surface area is 130 Å². The SMILES string of the molecule is COC(=O)c1sc2cc(F)ccc2c1-c1cccc(OC)c1. The van der Waals surface area contributed by atoms with E-state index in [0.717, 1.165) is 16.5 Å². The average Bonchev–Trinajstić information content (AvgIpc) is 2.92. The van der Waals surface area contributed by atoms with E-state index in [-0.39, 0.29) is 5.82 Å². The maximum Gasteiger partial charge on any atom is 0.348 e. The zero-order chi connectivity index (χ0) is 15.7. The number of halogens is 1. The lowest BCUT2D eigenvalue weighted by molar-refractivity contribution is 0.0607. The minimum Gasteiger partial charge on any atom is -0.497 e. The van der Waals surface area contributed by atoms with E-state index in [0.29, 0.717) is 15.3 Å². The van der Waals surface area contributed by atoms with Crippen molar-refractivity contribution in [2.24, 2.45) is 0 Å². The summed E-state index contributed by atoms with van der Waals surface area (Å²) < 4.78 is 24.3. The lowest BCUT2D eigenvalue weighted by atomic mass is 10.0. The van der Waals surface area contributed by atoms with Gasteiger partial charge in [-0.2, -0.15) is 0 Å². The summed E-state index contributed by atoms with van der Waals surface area (Å²) in [6.07, 6.45) is 0. The second kappa shape index (κ2) is 5.77. The third-order valence-corrected chi connectivity index (χ3v) is 4.51. The first-order valence-electron chi connectivity index (χ1n) is 6.59. The summed E-state index contributed by atoms with van der Waals surface area (Å²) in [4.78, 5) is 12.5. The van der Waals surface area contributed by atoms with E-state index in [9.17, 15) is 9.18 Å². The van der Waals surface area contributed by atoms with Crippen LogP contribution in [0.25, 0.3) is 21.2 Å². The van der Waals surface area contributed by atoms with E-state index in [1.807, 2.05) is 24.3 Å². The summed E-state index contributed by atoms with van der Waals surface area (Å²) in [5.74, 6) is -0.0726. The van der Waals surface area contributed by atoms with Gasteiger partial charge >= 0.3 is 5.97 Å². The highest BCUT2D eigenvalue weighted by Gasteiger charge is 2.21. The number of thiophene rings is 1. The van der Waals surface area contributed by atoms with Gasteiger partial charge in [-0.15, -0.1) is 11.3 Å². The molecular weight excluding hydrogens is 303 g/mol. The highest BCUT2D eigenvalue weighted by Crippen LogP contribution is 2.40. The predicted octanol–water partition coefficient (Wildman–Crippen LogP) is 4.50. The Hall–Kier alpha value is -2.40. The van der Waals surface area contributed by atoms with Crippen molar-refractivity contribution in [2.45, 2.75) is 0 Å². The standard InChI is InChI=1S/C17H13FO3S/c1-20-12-5-3-4-10(8-12)15-13-7-6-11(18)9-14(13)22-16(15)17(19)21-2/h3-9H,1-2H3. The van der Waals surface area contributed by atoms with Crippen molar-refractivity contribution in [3.63, 3.8) is 0 Å². The molecule has 3 aromatic rings. The number of methoxy groups -OCH3 is 2. The van der Waals surface area contributed by atoms with Crippen molar-refractivity contribution >= 4 is 27.4 Å². The van der Waals surface area contributed by atoms with Gasteiger partial charge in [-0.25, -0.2) is 9.18 Å². The van der Waals surface area contributed by atoms with Gasteiger partial charge in [-0.3, -0.25) is 0 Å². The van der Waals surface area contributed by atoms with Crippen molar-refractivity contribution in [3.05, 3.63) is 53.2 Å². The van der Waals surface area contributed by atoms with Gasteiger partial charge in [0.05, 0.1) is 14.2 Å². The highest BCUT2D eigenvalue weighted by molar-refractivity contribution is 7.21. The molecule has 0 atom stereocenters. The van der Waals surface area contributed by atoms with E-state index in [2.05, 4.69) is 0 Å². The molecule has 0 saturated heterocycles. The first-order valence-corrected chi connectivity index (χ1v) is 7.40. The molecule has 5 heteroatoms. The zero-order valence-electron chi connectivity index (χ0n) is 12.1. The van der Waals surface area contributed by atoms with Gasteiger partial charge < -0.3 is 9.47 Å². The summed E-state index contributed by atoms with van der Waals surface area (Å²) in [6.45, 7) is 0. The quantitative estimate of drug-likeness (QED) is 0.667. The van der Waals surface area contributed by atoms with Crippen LogP contribution < -0.4 is 4.74 Å². The molecule has 0 radical (unpaired) electrons. The van der Waals surface area contributed by atoms with Crippen molar-refractivity contribution in [1.29, 1.82) is 0 Å². The van der Waals surface area contributed by atoms with Gasteiger partial charge in [0.2, 0.25) is 0 Å². The summed E-state index contributed by atoms with van der Waals surface area (Å²) in [5, 5.41) is 0.819. The van der Waals surface area contributed by atoms with E-state index in [1.165, 1.54) is 30.6 Å². The van der Waals surface area contributed by atoms with Crippen LogP contribution in [0, 0.1) is 5.82 Å². The Kier molecular flexibility index (Phi) is 3.81. The van der Waals surface area contributed by atoms with Crippen LogP contribution in [0.3, 0.4) is 0 Å². The van der Waals surface area contributed by atoms with Crippen LogP contribution in [-0.2, 0) is 4.74 Å².